The van der Waals surface area contributed by atoms with E-state index < -0.39 is 59.6 Å². The van der Waals surface area contributed by atoms with Crippen LogP contribution in [0.2, 0.25) is 0 Å². The molecule has 1 aromatic heterocycles. The number of unbranched alkanes of at least 4 members (excludes halogenated alkanes) is 1. The fourth-order valence-electron chi connectivity index (χ4n) is 5.19. The summed E-state index contributed by atoms with van der Waals surface area (Å²) in [5, 5.41) is 31.7. The van der Waals surface area contributed by atoms with Gasteiger partial charge < -0.3 is 36.4 Å². The van der Waals surface area contributed by atoms with E-state index in [9.17, 15) is 33.5 Å². The smallest absolute Gasteiger partial charge is 0.255 e. The van der Waals surface area contributed by atoms with E-state index in [1.54, 1.807) is 30.5 Å². The van der Waals surface area contributed by atoms with Crippen LogP contribution >= 0.6 is 0 Å². The van der Waals surface area contributed by atoms with Gasteiger partial charge in [-0.2, -0.15) is 0 Å². The van der Waals surface area contributed by atoms with Crippen molar-refractivity contribution in [3.63, 3.8) is 0 Å². The lowest BCUT2D eigenvalue weighted by molar-refractivity contribution is -0.134. The van der Waals surface area contributed by atoms with Gasteiger partial charge in [-0.05, 0) is 37.1 Å². The van der Waals surface area contributed by atoms with Gasteiger partial charge >= 0.3 is 0 Å². The summed E-state index contributed by atoms with van der Waals surface area (Å²) in [6.07, 6.45) is 1.73. The maximum absolute atomic E-state index is 14.2. The molecule has 0 fully saturated rings. The fourth-order valence-corrected chi connectivity index (χ4v) is 5.19. The Morgan fingerprint density at radius 3 is 2.48 bits per heavy atom. The quantitative estimate of drug-likeness (QED) is 0.212. The van der Waals surface area contributed by atoms with Gasteiger partial charge in [0.2, 0.25) is 23.6 Å². The number of hydrogen-bond acceptors (Lipinski definition) is 9. The lowest BCUT2D eigenvalue weighted by atomic mass is 10.0. The summed E-state index contributed by atoms with van der Waals surface area (Å²) in [6.45, 7) is 3.30. The highest BCUT2D eigenvalue weighted by Gasteiger charge is 2.30. The van der Waals surface area contributed by atoms with Gasteiger partial charge in [0, 0.05) is 19.4 Å². The maximum atomic E-state index is 14.2. The number of amides is 5. The average Bonchev–Trinajstić information content (AvgIpc) is 3.55. The second kappa shape index (κ2) is 18.4. The summed E-state index contributed by atoms with van der Waals surface area (Å²) in [5.41, 5.74) is 1.06. The molecule has 16 heteroatoms. The van der Waals surface area contributed by atoms with E-state index in [0.717, 1.165) is 24.1 Å². The van der Waals surface area contributed by atoms with E-state index in [2.05, 4.69) is 36.9 Å². The molecule has 0 unspecified atom stereocenters. The molecule has 6 N–H and O–H groups in total. The first-order valence-corrected chi connectivity index (χ1v) is 16.5. The number of carbonyl (C=O) groups excluding carboxylic acids is 5. The van der Waals surface area contributed by atoms with Gasteiger partial charge in [-0.15, -0.1) is 5.10 Å². The molecule has 0 aliphatic carbocycles. The van der Waals surface area contributed by atoms with Crippen molar-refractivity contribution in [2.45, 2.75) is 83.3 Å². The molecule has 5 amide bonds. The minimum atomic E-state index is -1.41. The zero-order valence-corrected chi connectivity index (χ0v) is 28.0. The van der Waals surface area contributed by atoms with Crippen LogP contribution in [0, 0.1) is 5.82 Å². The van der Waals surface area contributed by atoms with Gasteiger partial charge in [-0.1, -0.05) is 55.3 Å². The van der Waals surface area contributed by atoms with Crippen LogP contribution in [-0.4, -0.2) is 87.0 Å². The van der Waals surface area contributed by atoms with Crippen molar-refractivity contribution in [1.29, 1.82) is 0 Å². The van der Waals surface area contributed by atoms with Gasteiger partial charge in [-0.3, -0.25) is 24.0 Å². The third-order valence-corrected chi connectivity index (χ3v) is 7.91. The Hall–Kier alpha value is -5.38. The largest absolute Gasteiger partial charge is 0.491 e. The topological polar surface area (TPSA) is 206 Å². The summed E-state index contributed by atoms with van der Waals surface area (Å²) >= 11 is 0. The molecule has 2 bridgehead atoms. The first-order chi connectivity index (χ1) is 24.0. The molecule has 0 radical (unpaired) electrons. The summed E-state index contributed by atoms with van der Waals surface area (Å²) in [7, 11) is 0. The molecule has 0 saturated heterocycles. The lowest BCUT2D eigenvalue weighted by Gasteiger charge is -2.25. The molecule has 15 nitrogen and oxygen atoms in total. The Morgan fingerprint density at radius 2 is 1.74 bits per heavy atom. The number of aromatic nitrogens is 3. The second-order valence-electron chi connectivity index (χ2n) is 11.9. The van der Waals surface area contributed by atoms with E-state index in [0.29, 0.717) is 12.1 Å². The molecule has 1 aliphatic heterocycles. The predicted molar refractivity (Wildman–Crippen MR) is 178 cm³/mol. The molecule has 3 aromatic rings. The molecule has 268 valence electrons. The number of aliphatic hydroxyl groups is 1. The first-order valence-electron chi connectivity index (χ1n) is 16.5. The Balaban J connectivity index is 1.58. The number of aliphatic hydroxyl groups excluding tert-OH is 1. The van der Waals surface area contributed by atoms with Crippen molar-refractivity contribution in [2.24, 2.45) is 0 Å². The average molecular weight is 695 g/mol. The zero-order chi connectivity index (χ0) is 36.0. The zero-order valence-electron chi connectivity index (χ0n) is 28.0. The number of nitrogens with zero attached hydrogens (tertiary/aromatic N) is 3. The highest BCUT2D eigenvalue weighted by atomic mass is 19.1. The fraction of sp³-hybridized carbons (Fsp3) is 0.441. The second-order valence-corrected chi connectivity index (χ2v) is 11.9. The van der Waals surface area contributed by atoms with Crippen LogP contribution in [0.3, 0.4) is 0 Å². The summed E-state index contributed by atoms with van der Waals surface area (Å²) in [6, 6.07) is 9.03. The van der Waals surface area contributed by atoms with Crippen molar-refractivity contribution in [1.82, 2.24) is 41.6 Å². The van der Waals surface area contributed by atoms with Crippen LogP contribution in [0.4, 0.5) is 4.39 Å². The van der Waals surface area contributed by atoms with Crippen molar-refractivity contribution in [3.8, 4) is 5.75 Å². The molecule has 2 heterocycles. The number of hydrogen-bond donors (Lipinski definition) is 6. The van der Waals surface area contributed by atoms with Crippen LogP contribution in [0.5, 0.6) is 5.75 Å². The summed E-state index contributed by atoms with van der Waals surface area (Å²) in [4.78, 5) is 66.0. The molecule has 2 aromatic carbocycles. The van der Waals surface area contributed by atoms with E-state index in [-0.39, 0.29) is 56.8 Å². The summed E-state index contributed by atoms with van der Waals surface area (Å²) < 4.78 is 21.5. The van der Waals surface area contributed by atoms with Crippen LogP contribution in [-0.2, 0) is 38.7 Å². The lowest BCUT2D eigenvalue weighted by Crippen LogP contribution is -2.57. The van der Waals surface area contributed by atoms with E-state index in [4.69, 9.17) is 4.74 Å². The highest BCUT2D eigenvalue weighted by Crippen LogP contribution is 2.20. The van der Waals surface area contributed by atoms with Gasteiger partial charge in [0.15, 0.2) is 0 Å². The van der Waals surface area contributed by atoms with Crippen molar-refractivity contribution >= 4 is 29.5 Å². The molecule has 0 saturated carbocycles. The third kappa shape index (κ3) is 11.1. The monoisotopic (exact) mass is 694 g/mol. The number of fused-ring (bicyclic) bond motifs is 3. The normalized spacial score (nSPS) is 20.8. The molecular formula is C34H43FN8O7. The van der Waals surface area contributed by atoms with Crippen LogP contribution in [0.25, 0.3) is 0 Å². The molecule has 1 aliphatic rings. The number of carbonyl (C=O) groups is 5. The van der Waals surface area contributed by atoms with Gasteiger partial charge in [0.1, 0.15) is 42.0 Å². The van der Waals surface area contributed by atoms with Gasteiger partial charge in [0.25, 0.3) is 5.91 Å². The Morgan fingerprint density at radius 1 is 0.980 bits per heavy atom. The van der Waals surface area contributed by atoms with Gasteiger partial charge in [0.05, 0.1) is 31.0 Å². The molecule has 50 heavy (non-hydrogen) atoms. The van der Waals surface area contributed by atoms with Crippen molar-refractivity contribution < 1.29 is 38.2 Å². The van der Waals surface area contributed by atoms with Crippen molar-refractivity contribution in [3.05, 3.63) is 77.4 Å². The first kappa shape index (κ1) is 37.4. The third-order valence-electron chi connectivity index (χ3n) is 7.91. The Kier molecular flexibility index (Phi) is 13.8. The Bertz CT molecular complexity index is 1630. The molecule has 4 rings (SSSR count). The number of nitrogens with one attached hydrogen (secondary N) is 5. The SMILES string of the molecule is CCCC[C@@H]1NC(=O)c2cc(F)ccc2OCCn2cc(nn2)CNC(=O)[C@@H](Cc2ccccc2)NC(=O)[C@H]([C@@H](C)O)NC(=O)CCNC1=O. The minimum Gasteiger partial charge on any atom is -0.491 e. The Labute approximate surface area is 288 Å². The number of halogens is 1. The van der Waals surface area contributed by atoms with E-state index in [1.807, 2.05) is 13.0 Å². The van der Waals surface area contributed by atoms with Gasteiger partial charge in [-0.25, -0.2) is 9.07 Å². The minimum absolute atomic E-state index is 0.0232. The highest BCUT2D eigenvalue weighted by molar-refractivity contribution is 5.99. The standard InChI is InChI=1S/C34H43FN8O7/c1-3-4-10-26-32(47)36-14-13-29(45)40-30(21(2)44)34(49)39-27(17-22-8-6-5-7-9-22)33(48)37-19-24-20-43(42-41-24)15-16-50-28-12-11-23(35)18-25(28)31(46)38-26/h5-9,11-12,18,20-21,26-27,30,44H,3-4,10,13-17,19H2,1-2H3,(H,36,47)(H,37,48)(H,38,46)(H,39,49)(H,40,45)/t21-,26+,27-,30+/m1/s1. The molecule has 4 atom stereocenters. The molecular weight excluding hydrogens is 651 g/mol. The summed E-state index contributed by atoms with van der Waals surface area (Å²) in [5.74, 6) is -3.83. The van der Waals surface area contributed by atoms with Crippen LogP contribution in [0.15, 0.2) is 54.7 Å². The van der Waals surface area contributed by atoms with Crippen molar-refractivity contribution in [2.75, 3.05) is 13.2 Å². The predicted octanol–water partition coefficient (Wildman–Crippen LogP) is 0.514. The molecule has 0 spiro atoms. The van der Waals surface area contributed by atoms with E-state index >= 15 is 0 Å². The van der Waals surface area contributed by atoms with Crippen LogP contribution < -0.4 is 31.3 Å². The number of benzene rings is 2. The number of ether oxygens (including phenoxy) is 1. The van der Waals surface area contributed by atoms with E-state index in [1.165, 1.54) is 17.7 Å². The van der Waals surface area contributed by atoms with Crippen LogP contribution in [0.1, 0.15) is 61.1 Å². The number of rotatable bonds is 6. The maximum Gasteiger partial charge on any atom is 0.255 e.